The van der Waals surface area contributed by atoms with Gasteiger partial charge in [0.05, 0.1) is 11.5 Å². The molecule has 1 aliphatic heterocycles. The van der Waals surface area contributed by atoms with E-state index in [4.69, 9.17) is 0 Å². The number of hydrogen-bond acceptors (Lipinski definition) is 3. The summed E-state index contributed by atoms with van der Waals surface area (Å²) >= 11 is 0. The van der Waals surface area contributed by atoms with Crippen LogP contribution in [0.3, 0.4) is 0 Å². The molecule has 1 aliphatic rings. The Morgan fingerprint density at radius 1 is 1.73 bits per heavy atom. The molecule has 1 unspecified atom stereocenters. The quantitative estimate of drug-likeness (QED) is 0.244. The summed E-state index contributed by atoms with van der Waals surface area (Å²) in [4.78, 5) is 21.7. The van der Waals surface area contributed by atoms with Gasteiger partial charge in [-0.1, -0.05) is 6.08 Å². The summed E-state index contributed by atoms with van der Waals surface area (Å²) in [6.07, 6.45) is 2.46. The summed E-state index contributed by atoms with van der Waals surface area (Å²) in [5, 5.41) is -0.515. The highest BCUT2D eigenvalue weighted by Gasteiger charge is 2.43. The zero-order valence-electron chi connectivity index (χ0n) is 6.42. The van der Waals surface area contributed by atoms with Crippen molar-refractivity contribution in [1.82, 2.24) is 0 Å². The zero-order valence-corrected chi connectivity index (χ0v) is 8.42. The van der Waals surface area contributed by atoms with Crippen LogP contribution in [0.5, 0.6) is 0 Å². The Morgan fingerprint density at radius 3 is 2.73 bits per heavy atom. The summed E-state index contributed by atoms with van der Waals surface area (Å²) in [6.45, 7) is 3.53. The third-order valence-corrected chi connectivity index (χ3v) is 3.00. The predicted octanol–water partition coefficient (Wildman–Crippen LogP) is -0.440. The van der Waals surface area contributed by atoms with Gasteiger partial charge in [0.15, 0.2) is 0 Å². The van der Waals surface area contributed by atoms with Gasteiger partial charge in [0, 0.05) is 10.2 Å². The van der Waals surface area contributed by atoms with Gasteiger partial charge in [-0.05, 0) is 6.42 Å². The van der Waals surface area contributed by atoms with Crippen molar-refractivity contribution in [3.8, 4) is 0 Å². The van der Waals surface area contributed by atoms with Crippen molar-refractivity contribution in [2.45, 2.75) is 17.9 Å². The second-order valence-electron chi connectivity index (χ2n) is 2.99. The third kappa shape index (κ3) is 1.40. The van der Waals surface area contributed by atoms with Crippen LogP contribution < -0.4 is 0 Å². The molecule has 1 fully saturated rings. The van der Waals surface area contributed by atoms with Gasteiger partial charge in [-0.15, -0.1) is 6.58 Å². The molecule has 0 aromatic rings. The molecule has 0 aromatic heterocycles. The van der Waals surface area contributed by atoms with Crippen molar-refractivity contribution >= 4 is 22.2 Å². The Kier molecular flexibility index (Phi) is 1.95. The van der Waals surface area contributed by atoms with E-state index in [0.717, 1.165) is 0 Å². The smallest absolute Gasteiger partial charge is 0.316 e. The lowest BCUT2D eigenvalue weighted by Gasteiger charge is -2.13. The summed E-state index contributed by atoms with van der Waals surface area (Å²) in [5.41, 5.74) is 0. The monoisotopic (exact) mass is 170 g/mol. The Labute approximate surface area is 67.8 Å². The molecule has 11 heavy (non-hydrogen) atoms. The number of carbonyl (C=O) groups is 2. The molecular weight excluding hydrogens is 160 g/mol. The molecule has 0 N–H and O–H groups in total. The van der Waals surface area contributed by atoms with E-state index in [1.807, 2.05) is 0 Å². The van der Waals surface area contributed by atoms with E-state index in [2.05, 4.69) is 11.3 Å². The minimum atomic E-state index is -0.515. The molecule has 0 saturated carbocycles. The van der Waals surface area contributed by atoms with Crippen LogP contribution in [0.4, 0.5) is 0 Å². The van der Waals surface area contributed by atoms with E-state index < -0.39 is 11.0 Å². The summed E-state index contributed by atoms with van der Waals surface area (Å²) < 4.78 is 4.44. The van der Waals surface area contributed by atoms with Crippen LogP contribution in [0.1, 0.15) is 12.8 Å². The second-order valence-corrected chi connectivity index (χ2v) is 4.91. The van der Waals surface area contributed by atoms with Gasteiger partial charge < -0.3 is 4.74 Å². The molecule has 4 heteroatoms. The highest BCUT2D eigenvalue weighted by Crippen LogP contribution is 2.38. The fraction of sp³-hybridized carbons (Fsp3) is 0.429. The Hall–Kier alpha value is -0.903. The molecule has 1 rings (SSSR count). The molecule has 0 aromatic carbocycles. The molecule has 1 atom stereocenters. The average molecular weight is 170 g/mol. The van der Waals surface area contributed by atoms with Gasteiger partial charge >= 0.3 is 11.9 Å². The fourth-order valence-corrected chi connectivity index (χ4v) is 1.81. The third-order valence-electron chi connectivity index (χ3n) is 1.83. The van der Waals surface area contributed by atoms with E-state index in [1.54, 1.807) is 6.08 Å². The van der Waals surface area contributed by atoms with E-state index >= 15 is 0 Å². The van der Waals surface area contributed by atoms with Crippen molar-refractivity contribution in [2.24, 2.45) is 0 Å². The van der Waals surface area contributed by atoms with Crippen molar-refractivity contribution < 1.29 is 14.3 Å². The average Bonchev–Trinajstić information content (AvgIpc) is 2.08. The topological polar surface area (TPSA) is 43.4 Å². The van der Waals surface area contributed by atoms with Gasteiger partial charge in [-0.3, -0.25) is 9.59 Å². The summed E-state index contributed by atoms with van der Waals surface area (Å²) in [7, 11) is 0.647. The molecule has 1 saturated heterocycles. The zero-order chi connectivity index (χ0) is 8.48. The van der Waals surface area contributed by atoms with Gasteiger partial charge in [0.25, 0.3) is 0 Å². The first-order valence-electron chi connectivity index (χ1n) is 3.44. The first-order chi connectivity index (χ1) is 5.08. The van der Waals surface area contributed by atoms with E-state index in [1.165, 1.54) is 0 Å². The maximum Gasteiger partial charge on any atom is 0.316 e. The van der Waals surface area contributed by atoms with Gasteiger partial charge in [-0.25, -0.2) is 0 Å². The molecule has 0 amide bonds. The SMILES string of the molecule is C=CCC1([SiH3])CC(=O)OC1=O. The molecule has 0 spiro atoms. The molecular formula is C7H10O3Si. The number of hydrogen-bond donors (Lipinski definition) is 0. The Balaban J connectivity index is 2.78. The van der Waals surface area contributed by atoms with Crippen molar-refractivity contribution in [2.75, 3.05) is 0 Å². The lowest BCUT2D eigenvalue weighted by atomic mass is 10.0. The van der Waals surface area contributed by atoms with Crippen LogP contribution in [-0.2, 0) is 14.3 Å². The molecule has 3 nitrogen and oxygen atoms in total. The number of esters is 2. The van der Waals surface area contributed by atoms with Gasteiger partial charge in [-0.2, -0.15) is 0 Å². The molecule has 60 valence electrons. The maximum absolute atomic E-state index is 11.0. The summed E-state index contributed by atoms with van der Waals surface area (Å²) in [5.74, 6) is -0.763. The molecule has 0 radical (unpaired) electrons. The number of ether oxygens (including phenoxy) is 1. The highest BCUT2D eigenvalue weighted by molar-refractivity contribution is 6.31. The number of allylic oxidation sites excluding steroid dienone is 1. The predicted molar refractivity (Wildman–Crippen MR) is 43.2 cm³/mol. The summed E-state index contributed by atoms with van der Waals surface area (Å²) in [6, 6.07) is 0. The van der Waals surface area contributed by atoms with Crippen molar-refractivity contribution in [3.05, 3.63) is 12.7 Å². The fourth-order valence-electron chi connectivity index (χ4n) is 1.13. The van der Waals surface area contributed by atoms with Crippen LogP contribution >= 0.6 is 0 Å². The second kappa shape index (κ2) is 2.62. The standard InChI is InChI=1S/C7H10O3Si/c1-2-3-7(11)4-5(8)10-6(7)9/h2H,1,3-4H2,11H3. The van der Waals surface area contributed by atoms with E-state index in [-0.39, 0.29) is 12.4 Å². The molecule has 0 bridgehead atoms. The number of rotatable bonds is 2. The van der Waals surface area contributed by atoms with Gasteiger partial charge in [0.1, 0.15) is 0 Å². The van der Waals surface area contributed by atoms with Crippen LogP contribution in [0.15, 0.2) is 12.7 Å². The maximum atomic E-state index is 11.0. The first kappa shape index (κ1) is 8.20. The van der Waals surface area contributed by atoms with Gasteiger partial charge in [0.2, 0.25) is 0 Å². The van der Waals surface area contributed by atoms with Crippen LogP contribution in [-0.4, -0.2) is 22.2 Å². The largest absolute Gasteiger partial charge is 0.393 e. The van der Waals surface area contributed by atoms with Crippen molar-refractivity contribution in [1.29, 1.82) is 0 Å². The van der Waals surface area contributed by atoms with Crippen LogP contribution in [0.25, 0.3) is 0 Å². The van der Waals surface area contributed by atoms with E-state index in [0.29, 0.717) is 16.7 Å². The molecule has 1 heterocycles. The lowest BCUT2D eigenvalue weighted by Crippen LogP contribution is -2.17. The van der Waals surface area contributed by atoms with Crippen LogP contribution in [0.2, 0.25) is 5.04 Å². The van der Waals surface area contributed by atoms with Crippen molar-refractivity contribution in [3.63, 3.8) is 0 Å². The highest BCUT2D eigenvalue weighted by atomic mass is 28.1. The Morgan fingerprint density at radius 2 is 2.36 bits per heavy atom. The van der Waals surface area contributed by atoms with E-state index in [9.17, 15) is 9.59 Å². The minimum Gasteiger partial charge on any atom is -0.393 e. The normalized spacial score (nSPS) is 30.5. The Bertz CT molecular complexity index is 224. The number of cyclic esters (lactones) is 2. The molecule has 0 aliphatic carbocycles. The van der Waals surface area contributed by atoms with Crippen LogP contribution in [0, 0.1) is 0 Å². The lowest BCUT2D eigenvalue weighted by molar-refractivity contribution is -0.152. The number of carbonyl (C=O) groups excluding carboxylic acids is 2. The minimum absolute atomic E-state index is 0.240. The first-order valence-corrected chi connectivity index (χ1v) is 4.44.